The van der Waals surface area contributed by atoms with Crippen molar-refractivity contribution in [2.45, 2.75) is 32.9 Å². The Labute approximate surface area is 115 Å². The summed E-state index contributed by atoms with van der Waals surface area (Å²) in [5.41, 5.74) is 0.465. The molecule has 100 valence electrons. The first-order chi connectivity index (χ1) is 8.43. The smallest absolute Gasteiger partial charge is 0.255 e. The third kappa shape index (κ3) is 4.31. The van der Waals surface area contributed by atoms with Crippen LogP contribution in [0.4, 0.5) is 0 Å². The first-order valence-corrected chi connectivity index (χ1v) is 6.61. The number of nitrogens with one attached hydrogen (secondary N) is 1. The molecule has 5 heteroatoms. The highest BCUT2D eigenvalue weighted by Crippen LogP contribution is 2.24. The van der Waals surface area contributed by atoms with Gasteiger partial charge in [0.15, 0.2) is 0 Å². The summed E-state index contributed by atoms with van der Waals surface area (Å²) in [5, 5.41) is 11.6. The first kappa shape index (κ1) is 15.0. The van der Waals surface area contributed by atoms with Gasteiger partial charge in [0.1, 0.15) is 5.75 Å². The molecule has 0 spiro atoms. The molecule has 0 aliphatic carbocycles. The van der Waals surface area contributed by atoms with E-state index in [1.165, 1.54) is 0 Å². The fourth-order valence-corrected chi connectivity index (χ4v) is 1.72. The van der Waals surface area contributed by atoms with Gasteiger partial charge in [0, 0.05) is 10.5 Å². The Kier molecular flexibility index (Phi) is 5.62. The van der Waals surface area contributed by atoms with Crippen LogP contribution in [-0.2, 0) is 0 Å². The summed E-state index contributed by atoms with van der Waals surface area (Å²) in [4.78, 5) is 12.0. The highest BCUT2D eigenvalue weighted by atomic mass is 79.9. The van der Waals surface area contributed by atoms with Crippen molar-refractivity contribution in [1.29, 1.82) is 0 Å². The van der Waals surface area contributed by atoms with E-state index in [0.29, 0.717) is 11.3 Å². The second-order valence-corrected chi connectivity index (χ2v) is 5.28. The van der Waals surface area contributed by atoms with Crippen molar-refractivity contribution in [1.82, 2.24) is 5.32 Å². The normalized spacial score (nSPS) is 12.3. The van der Waals surface area contributed by atoms with Crippen molar-refractivity contribution in [2.24, 2.45) is 0 Å². The second-order valence-electron chi connectivity index (χ2n) is 4.36. The molecule has 1 unspecified atom stereocenters. The highest BCUT2D eigenvalue weighted by Gasteiger charge is 2.15. The summed E-state index contributed by atoms with van der Waals surface area (Å²) < 4.78 is 6.46. The van der Waals surface area contributed by atoms with Gasteiger partial charge in [0.25, 0.3) is 5.91 Å². The molecule has 1 rings (SSSR count). The predicted molar refractivity (Wildman–Crippen MR) is 73.9 cm³/mol. The van der Waals surface area contributed by atoms with Crippen molar-refractivity contribution < 1.29 is 14.6 Å². The van der Waals surface area contributed by atoms with E-state index < -0.39 is 0 Å². The fraction of sp³-hybridized carbons (Fsp3) is 0.462. The maximum Gasteiger partial charge on any atom is 0.255 e. The number of rotatable bonds is 5. The zero-order valence-electron chi connectivity index (χ0n) is 10.7. The van der Waals surface area contributed by atoms with Crippen molar-refractivity contribution in [3.05, 3.63) is 28.2 Å². The molecule has 1 aromatic rings. The third-order valence-corrected chi connectivity index (χ3v) is 2.70. The van der Waals surface area contributed by atoms with Crippen molar-refractivity contribution in [3.8, 4) is 5.75 Å². The molecule has 0 heterocycles. The maximum atomic E-state index is 12.0. The monoisotopic (exact) mass is 315 g/mol. The van der Waals surface area contributed by atoms with E-state index in [9.17, 15) is 4.79 Å². The molecule has 0 aliphatic rings. The lowest BCUT2D eigenvalue weighted by Crippen LogP contribution is -2.35. The van der Waals surface area contributed by atoms with Crippen LogP contribution in [0, 0.1) is 0 Å². The number of hydrogen-bond donors (Lipinski definition) is 2. The number of amides is 1. The molecule has 0 aliphatic heterocycles. The largest absolute Gasteiger partial charge is 0.490 e. The molecule has 0 radical (unpaired) electrons. The van der Waals surface area contributed by atoms with Gasteiger partial charge in [0.05, 0.1) is 18.3 Å². The molecule has 1 aromatic carbocycles. The fourth-order valence-electron chi connectivity index (χ4n) is 1.38. The van der Waals surface area contributed by atoms with E-state index in [1.807, 2.05) is 13.8 Å². The van der Waals surface area contributed by atoms with Crippen LogP contribution in [0.5, 0.6) is 5.75 Å². The van der Waals surface area contributed by atoms with E-state index in [2.05, 4.69) is 21.2 Å². The zero-order chi connectivity index (χ0) is 13.7. The summed E-state index contributed by atoms with van der Waals surface area (Å²) >= 11 is 3.35. The molecule has 2 N–H and O–H groups in total. The van der Waals surface area contributed by atoms with Crippen LogP contribution in [0.1, 0.15) is 31.1 Å². The topological polar surface area (TPSA) is 58.6 Å². The number of halogens is 1. The quantitative estimate of drug-likeness (QED) is 0.877. The van der Waals surface area contributed by atoms with Crippen LogP contribution in [0.15, 0.2) is 22.7 Å². The van der Waals surface area contributed by atoms with Crippen molar-refractivity contribution in [2.75, 3.05) is 6.61 Å². The number of carbonyl (C=O) groups is 1. The molecule has 0 bridgehead atoms. The molecule has 18 heavy (non-hydrogen) atoms. The molecule has 1 amide bonds. The molecule has 4 nitrogen and oxygen atoms in total. The van der Waals surface area contributed by atoms with Gasteiger partial charge in [0.2, 0.25) is 0 Å². The minimum Gasteiger partial charge on any atom is -0.490 e. The van der Waals surface area contributed by atoms with Crippen LogP contribution in [0.2, 0.25) is 0 Å². The van der Waals surface area contributed by atoms with Crippen molar-refractivity contribution >= 4 is 21.8 Å². The summed E-state index contributed by atoms with van der Waals surface area (Å²) in [6, 6.07) is 4.96. The average Bonchev–Trinajstić information content (AvgIpc) is 2.27. The number of benzene rings is 1. The van der Waals surface area contributed by atoms with Gasteiger partial charge in [-0.2, -0.15) is 0 Å². The lowest BCUT2D eigenvalue weighted by Gasteiger charge is -2.16. The van der Waals surface area contributed by atoms with Crippen LogP contribution in [-0.4, -0.2) is 29.8 Å². The molecule has 0 saturated heterocycles. The lowest BCUT2D eigenvalue weighted by molar-refractivity contribution is 0.0916. The van der Waals surface area contributed by atoms with Gasteiger partial charge >= 0.3 is 0 Å². The number of ether oxygens (including phenoxy) is 1. The average molecular weight is 316 g/mol. The summed E-state index contributed by atoms with van der Waals surface area (Å²) in [7, 11) is 0. The van der Waals surface area contributed by atoms with E-state index in [4.69, 9.17) is 9.84 Å². The van der Waals surface area contributed by atoms with E-state index >= 15 is 0 Å². The summed E-state index contributed by atoms with van der Waals surface area (Å²) in [5.74, 6) is 0.279. The van der Waals surface area contributed by atoms with Gasteiger partial charge in [-0.25, -0.2) is 0 Å². The molecule has 0 aromatic heterocycles. The third-order valence-electron chi connectivity index (χ3n) is 2.20. The number of aliphatic hydroxyl groups is 1. The Morgan fingerprint density at radius 1 is 1.44 bits per heavy atom. The number of hydrogen-bond acceptors (Lipinski definition) is 3. The van der Waals surface area contributed by atoms with Gasteiger partial charge in [-0.1, -0.05) is 15.9 Å². The number of aliphatic hydroxyl groups excluding tert-OH is 1. The molecular weight excluding hydrogens is 298 g/mol. The predicted octanol–water partition coefficient (Wildman–Crippen LogP) is 2.35. The van der Waals surface area contributed by atoms with Gasteiger partial charge < -0.3 is 15.2 Å². The van der Waals surface area contributed by atoms with E-state index in [0.717, 1.165) is 4.47 Å². The van der Waals surface area contributed by atoms with E-state index in [-0.39, 0.29) is 24.7 Å². The Morgan fingerprint density at radius 2 is 2.11 bits per heavy atom. The molecular formula is C13H18BrNO3. The van der Waals surface area contributed by atoms with Crippen molar-refractivity contribution in [3.63, 3.8) is 0 Å². The minimum absolute atomic E-state index is 0.0129. The molecule has 0 fully saturated rings. The standard InChI is InChI=1S/C13H18BrNO3/c1-8(2)18-12-6-10(14)4-5-11(12)13(17)15-9(3)7-16/h4-6,8-9,16H,7H2,1-3H3,(H,15,17). The Morgan fingerprint density at radius 3 is 2.67 bits per heavy atom. The maximum absolute atomic E-state index is 12.0. The van der Waals surface area contributed by atoms with Crippen LogP contribution in [0.25, 0.3) is 0 Å². The van der Waals surface area contributed by atoms with Gasteiger partial charge in [-0.15, -0.1) is 0 Å². The van der Waals surface area contributed by atoms with Gasteiger partial charge in [-0.05, 0) is 39.0 Å². The highest BCUT2D eigenvalue weighted by molar-refractivity contribution is 9.10. The molecule has 0 saturated carbocycles. The minimum atomic E-state index is -0.284. The Hall–Kier alpha value is -1.07. The van der Waals surface area contributed by atoms with Crippen LogP contribution < -0.4 is 10.1 Å². The summed E-state index contributed by atoms with van der Waals surface area (Å²) in [6.07, 6.45) is -0.0129. The SMILES string of the molecule is CC(CO)NC(=O)c1ccc(Br)cc1OC(C)C. The van der Waals surface area contributed by atoms with E-state index in [1.54, 1.807) is 25.1 Å². The lowest BCUT2D eigenvalue weighted by atomic mass is 10.1. The molecule has 1 atom stereocenters. The first-order valence-electron chi connectivity index (χ1n) is 5.82. The number of carbonyl (C=O) groups excluding carboxylic acids is 1. The second kappa shape index (κ2) is 6.75. The zero-order valence-corrected chi connectivity index (χ0v) is 12.3. The van der Waals surface area contributed by atoms with Gasteiger partial charge in [-0.3, -0.25) is 4.79 Å². The van der Waals surface area contributed by atoms with Crippen LogP contribution >= 0.6 is 15.9 Å². The Bertz CT molecular complexity index is 421. The van der Waals surface area contributed by atoms with Crippen LogP contribution in [0.3, 0.4) is 0 Å². The Balaban J connectivity index is 2.96. The summed E-state index contributed by atoms with van der Waals surface area (Å²) in [6.45, 7) is 5.44.